The summed E-state index contributed by atoms with van der Waals surface area (Å²) >= 11 is 6.23. The van der Waals surface area contributed by atoms with Gasteiger partial charge in [-0.25, -0.2) is 4.68 Å². The summed E-state index contributed by atoms with van der Waals surface area (Å²) in [5, 5.41) is 8.25. The number of hydrogen-bond acceptors (Lipinski definition) is 3. The molecule has 2 aromatic rings. The van der Waals surface area contributed by atoms with E-state index in [0.29, 0.717) is 23.9 Å². The van der Waals surface area contributed by atoms with Gasteiger partial charge in [0.05, 0.1) is 17.8 Å². The van der Waals surface area contributed by atoms with E-state index in [4.69, 9.17) is 17.3 Å². The van der Waals surface area contributed by atoms with Crippen molar-refractivity contribution in [1.29, 1.82) is 0 Å². The summed E-state index contributed by atoms with van der Waals surface area (Å²) < 4.78 is 1.85. The third kappa shape index (κ3) is 4.05. The zero-order valence-corrected chi connectivity index (χ0v) is 15.7. The predicted molar refractivity (Wildman–Crippen MR) is 100 cm³/mol. The van der Waals surface area contributed by atoms with Crippen LogP contribution in [0.15, 0.2) is 18.2 Å². The van der Waals surface area contributed by atoms with E-state index < -0.39 is 0 Å². The molecule has 1 atom stereocenters. The molecule has 0 radical (unpaired) electrons. The van der Waals surface area contributed by atoms with Gasteiger partial charge in [0, 0.05) is 28.9 Å². The number of hydrogen-bond donors (Lipinski definition) is 2. The average molecular weight is 361 g/mol. The summed E-state index contributed by atoms with van der Waals surface area (Å²) in [5.41, 5.74) is 10.7. The molecule has 3 N–H and O–H groups in total. The Morgan fingerprint density at radius 1 is 1.40 bits per heavy atom. The fourth-order valence-corrected chi connectivity index (χ4v) is 3.22. The molecule has 1 amide bonds. The van der Waals surface area contributed by atoms with Crippen LogP contribution in [-0.4, -0.2) is 28.3 Å². The largest absolute Gasteiger partial charge is 0.354 e. The Morgan fingerprint density at radius 2 is 2.12 bits per heavy atom. The number of carbonyl (C=O) groups is 1. The van der Waals surface area contributed by atoms with Crippen LogP contribution in [0, 0.1) is 26.7 Å². The Balaban J connectivity index is 1.72. The van der Waals surface area contributed by atoms with Gasteiger partial charge >= 0.3 is 0 Å². The molecular weight excluding hydrogens is 336 g/mol. The molecule has 1 saturated carbocycles. The number of nitrogens with zero attached hydrogens (tertiary/aromatic N) is 2. The summed E-state index contributed by atoms with van der Waals surface area (Å²) in [4.78, 5) is 12.3. The lowest BCUT2D eigenvalue weighted by molar-refractivity contribution is -0.120. The molecule has 1 fully saturated rings. The Kier molecular flexibility index (Phi) is 5.16. The second-order valence-electron chi connectivity index (χ2n) is 6.98. The second kappa shape index (κ2) is 7.18. The van der Waals surface area contributed by atoms with E-state index in [-0.39, 0.29) is 11.9 Å². The van der Waals surface area contributed by atoms with Crippen LogP contribution in [0.1, 0.15) is 35.4 Å². The molecule has 0 saturated heterocycles. The molecule has 3 rings (SSSR count). The molecule has 0 bridgehead atoms. The van der Waals surface area contributed by atoms with Gasteiger partial charge in [0.25, 0.3) is 0 Å². The van der Waals surface area contributed by atoms with Gasteiger partial charge in [-0.05, 0) is 57.2 Å². The average Bonchev–Trinajstić information content (AvgIpc) is 3.38. The minimum Gasteiger partial charge on any atom is -0.354 e. The van der Waals surface area contributed by atoms with Crippen molar-refractivity contribution < 1.29 is 4.79 Å². The van der Waals surface area contributed by atoms with Crippen molar-refractivity contribution in [3.63, 3.8) is 0 Å². The lowest BCUT2D eigenvalue weighted by Gasteiger charge is -2.12. The smallest absolute Gasteiger partial charge is 0.224 e. The third-order valence-corrected chi connectivity index (χ3v) is 5.35. The van der Waals surface area contributed by atoms with Crippen molar-refractivity contribution in [2.75, 3.05) is 6.54 Å². The fourth-order valence-electron chi connectivity index (χ4n) is 3.04. The van der Waals surface area contributed by atoms with Crippen molar-refractivity contribution in [3.8, 4) is 5.69 Å². The Bertz CT molecular complexity index is 795. The van der Waals surface area contributed by atoms with Crippen LogP contribution < -0.4 is 11.1 Å². The highest BCUT2D eigenvalue weighted by molar-refractivity contribution is 6.31. The quantitative estimate of drug-likeness (QED) is 0.831. The third-order valence-electron chi connectivity index (χ3n) is 4.94. The maximum atomic E-state index is 12.3. The molecular formula is C19H25ClN4O. The number of carbonyl (C=O) groups excluding carboxylic acids is 1. The van der Waals surface area contributed by atoms with E-state index in [9.17, 15) is 4.79 Å². The summed E-state index contributed by atoms with van der Waals surface area (Å²) in [6, 6.07) is 5.93. The summed E-state index contributed by atoms with van der Waals surface area (Å²) in [7, 11) is 0. The molecule has 0 spiro atoms. The molecule has 1 aliphatic carbocycles. The van der Waals surface area contributed by atoms with Crippen molar-refractivity contribution >= 4 is 17.5 Å². The van der Waals surface area contributed by atoms with Crippen molar-refractivity contribution in [1.82, 2.24) is 15.1 Å². The van der Waals surface area contributed by atoms with Crippen LogP contribution in [0.3, 0.4) is 0 Å². The van der Waals surface area contributed by atoms with E-state index in [1.165, 1.54) is 12.8 Å². The molecule has 1 aliphatic rings. The van der Waals surface area contributed by atoms with Gasteiger partial charge in [0.15, 0.2) is 0 Å². The van der Waals surface area contributed by atoms with E-state index in [0.717, 1.165) is 28.2 Å². The van der Waals surface area contributed by atoms with E-state index in [2.05, 4.69) is 10.4 Å². The molecule has 5 nitrogen and oxygen atoms in total. The normalized spacial score (nSPS) is 15.2. The summed E-state index contributed by atoms with van der Waals surface area (Å²) in [6.07, 6.45) is 2.68. The van der Waals surface area contributed by atoms with Gasteiger partial charge in [-0.15, -0.1) is 0 Å². The van der Waals surface area contributed by atoms with Gasteiger partial charge in [-0.3, -0.25) is 4.79 Å². The van der Waals surface area contributed by atoms with Gasteiger partial charge < -0.3 is 11.1 Å². The first-order valence-corrected chi connectivity index (χ1v) is 9.08. The number of halogens is 1. The standard InChI is InChI=1S/C19H25ClN4O/c1-11-4-7-15(8-17(11)20)24-13(3)16(12(2)23-24)9-19(25)22-10-18(21)14-5-6-14/h4,7-8,14,18H,5-6,9-10,21H2,1-3H3,(H,22,25). The maximum absolute atomic E-state index is 12.3. The lowest BCUT2D eigenvalue weighted by Crippen LogP contribution is -2.39. The molecule has 1 heterocycles. The van der Waals surface area contributed by atoms with Crippen LogP contribution in [0.5, 0.6) is 0 Å². The second-order valence-corrected chi connectivity index (χ2v) is 7.38. The molecule has 1 aromatic carbocycles. The number of benzene rings is 1. The Morgan fingerprint density at radius 3 is 2.76 bits per heavy atom. The van der Waals surface area contributed by atoms with Crippen LogP contribution in [-0.2, 0) is 11.2 Å². The van der Waals surface area contributed by atoms with Gasteiger partial charge in [-0.2, -0.15) is 5.10 Å². The van der Waals surface area contributed by atoms with E-state index >= 15 is 0 Å². The molecule has 134 valence electrons. The van der Waals surface area contributed by atoms with Crippen LogP contribution in [0.4, 0.5) is 0 Å². The first-order chi connectivity index (χ1) is 11.9. The lowest BCUT2D eigenvalue weighted by atomic mass is 10.1. The van der Waals surface area contributed by atoms with Crippen LogP contribution in [0.25, 0.3) is 5.69 Å². The number of nitrogens with one attached hydrogen (secondary N) is 1. The fraction of sp³-hybridized carbons (Fsp3) is 0.474. The topological polar surface area (TPSA) is 72.9 Å². The van der Waals surface area contributed by atoms with Gasteiger partial charge in [0.1, 0.15) is 0 Å². The first-order valence-electron chi connectivity index (χ1n) is 8.70. The number of nitrogens with two attached hydrogens (primary N) is 1. The van der Waals surface area contributed by atoms with Gasteiger partial charge in [0.2, 0.25) is 5.91 Å². The highest BCUT2D eigenvalue weighted by Crippen LogP contribution is 2.31. The predicted octanol–water partition coefficient (Wildman–Crippen LogP) is 2.85. The molecule has 25 heavy (non-hydrogen) atoms. The van der Waals surface area contributed by atoms with Crippen LogP contribution in [0.2, 0.25) is 5.02 Å². The maximum Gasteiger partial charge on any atom is 0.224 e. The number of aryl methyl sites for hydroxylation is 2. The van der Waals surface area contributed by atoms with Crippen LogP contribution >= 0.6 is 11.6 Å². The number of aromatic nitrogens is 2. The van der Waals surface area contributed by atoms with E-state index in [1.807, 2.05) is 43.7 Å². The Hall–Kier alpha value is -1.85. The first kappa shape index (κ1) is 18.0. The van der Waals surface area contributed by atoms with Crippen molar-refractivity contribution in [3.05, 3.63) is 45.7 Å². The molecule has 0 aliphatic heterocycles. The highest BCUT2D eigenvalue weighted by Gasteiger charge is 2.28. The minimum absolute atomic E-state index is 0.0104. The van der Waals surface area contributed by atoms with Crippen molar-refractivity contribution in [2.24, 2.45) is 11.7 Å². The zero-order valence-electron chi connectivity index (χ0n) is 15.0. The number of rotatable bonds is 6. The minimum atomic E-state index is -0.0104. The highest BCUT2D eigenvalue weighted by atomic mass is 35.5. The molecule has 6 heteroatoms. The van der Waals surface area contributed by atoms with E-state index in [1.54, 1.807) is 0 Å². The number of amides is 1. The molecule has 1 unspecified atom stereocenters. The van der Waals surface area contributed by atoms with Crippen molar-refractivity contribution in [2.45, 2.75) is 46.1 Å². The zero-order chi connectivity index (χ0) is 18.1. The summed E-state index contributed by atoms with van der Waals surface area (Å²) in [6.45, 7) is 6.42. The molecule has 1 aromatic heterocycles. The Labute approximate surface area is 153 Å². The monoisotopic (exact) mass is 360 g/mol. The SMILES string of the molecule is Cc1ccc(-n2nc(C)c(CC(=O)NCC(N)C3CC3)c2C)cc1Cl. The van der Waals surface area contributed by atoms with Gasteiger partial charge in [-0.1, -0.05) is 17.7 Å². The summed E-state index contributed by atoms with van der Waals surface area (Å²) in [5.74, 6) is 0.571.